The molecule has 0 aliphatic heterocycles. The molecule has 0 atom stereocenters. The number of anilines is 1. The molecule has 0 unspecified atom stereocenters. The quantitative estimate of drug-likeness (QED) is 0.486. The number of aromatic carboxylic acids is 1. The van der Waals surface area contributed by atoms with E-state index in [0.717, 1.165) is 0 Å². The number of nitro benzene ring substituents is 1. The maximum absolute atomic E-state index is 13.4. The summed E-state index contributed by atoms with van der Waals surface area (Å²) in [5.74, 6) is -2.88. The number of benzene rings is 1. The van der Waals surface area contributed by atoms with Crippen LogP contribution in [0.1, 0.15) is 10.4 Å². The molecule has 0 aromatic heterocycles. The highest BCUT2D eigenvalue weighted by molar-refractivity contribution is 5.93. The number of nitro groups is 1. The number of carbonyl (C=O) groups is 2. The molecule has 2 N–H and O–H groups in total. The Balaban J connectivity index is 3.15. The van der Waals surface area contributed by atoms with Crippen LogP contribution in [0.5, 0.6) is 0 Å². The second-order valence-corrected chi connectivity index (χ2v) is 3.42. The molecule has 1 amide bonds. The van der Waals surface area contributed by atoms with Gasteiger partial charge >= 0.3 is 12.1 Å². The van der Waals surface area contributed by atoms with Gasteiger partial charge in [0.2, 0.25) is 0 Å². The number of carboxylic acids is 1. The minimum absolute atomic E-state index is 0.144. The van der Waals surface area contributed by atoms with E-state index in [1.165, 1.54) is 6.08 Å². The number of rotatable bonds is 5. The van der Waals surface area contributed by atoms with Crippen LogP contribution >= 0.6 is 0 Å². The number of hydrogen-bond acceptors (Lipinski definition) is 5. The highest BCUT2D eigenvalue weighted by Gasteiger charge is 2.23. The molecule has 1 rings (SSSR count). The van der Waals surface area contributed by atoms with Gasteiger partial charge in [0.05, 0.1) is 4.92 Å². The number of ether oxygens (including phenoxy) is 1. The summed E-state index contributed by atoms with van der Waals surface area (Å²) in [6.45, 7) is 3.15. The molecule has 0 radical (unpaired) electrons. The van der Waals surface area contributed by atoms with Crippen LogP contribution in [0.15, 0.2) is 24.8 Å². The summed E-state index contributed by atoms with van der Waals surface area (Å²) in [7, 11) is 0. The molecule has 9 heteroatoms. The van der Waals surface area contributed by atoms with Crippen molar-refractivity contribution in [2.75, 3.05) is 11.9 Å². The lowest BCUT2D eigenvalue weighted by molar-refractivity contribution is -0.384. The predicted octanol–water partition coefficient (Wildman–Crippen LogP) is 2.17. The van der Waals surface area contributed by atoms with Crippen molar-refractivity contribution in [3.8, 4) is 0 Å². The standard InChI is InChI=1S/C11H9FN2O6/c1-2-3-20-11(17)13-8-5-7(12)6(10(15)16)4-9(8)14(18)19/h2,4-5H,1,3H2,(H,13,17)(H,15,16). The van der Waals surface area contributed by atoms with Crippen molar-refractivity contribution in [2.45, 2.75) is 0 Å². The zero-order valence-electron chi connectivity index (χ0n) is 9.96. The monoisotopic (exact) mass is 284 g/mol. The molecule has 106 valence electrons. The Labute approximate surface area is 111 Å². The van der Waals surface area contributed by atoms with Crippen LogP contribution in [0.25, 0.3) is 0 Å². The third kappa shape index (κ3) is 3.51. The molecule has 0 spiro atoms. The van der Waals surface area contributed by atoms with Gasteiger partial charge in [-0.25, -0.2) is 14.0 Å². The largest absolute Gasteiger partial charge is 0.478 e. The van der Waals surface area contributed by atoms with E-state index in [4.69, 9.17) is 5.11 Å². The Hall–Kier alpha value is -2.97. The zero-order chi connectivity index (χ0) is 15.3. The van der Waals surface area contributed by atoms with E-state index in [-0.39, 0.29) is 6.61 Å². The normalized spacial score (nSPS) is 9.65. The van der Waals surface area contributed by atoms with E-state index < -0.39 is 39.7 Å². The third-order valence-corrected chi connectivity index (χ3v) is 2.08. The summed E-state index contributed by atoms with van der Waals surface area (Å²) >= 11 is 0. The molecule has 8 nitrogen and oxygen atoms in total. The molecule has 1 aromatic rings. The van der Waals surface area contributed by atoms with Crippen LogP contribution < -0.4 is 5.32 Å². The topological polar surface area (TPSA) is 119 Å². The minimum atomic E-state index is -1.66. The van der Waals surface area contributed by atoms with E-state index in [1.54, 1.807) is 0 Å². The van der Waals surface area contributed by atoms with Gasteiger partial charge < -0.3 is 9.84 Å². The number of hydrogen-bond donors (Lipinski definition) is 2. The highest BCUT2D eigenvalue weighted by atomic mass is 19.1. The van der Waals surface area contributed by atoms with Crippen molar-refractivity contribution in [1.29, 1.82) is 0 Å². The molecule has 20 heavy (non-hydrogen) atoms. The van der Waals surface area contributed by atoms with Gasteiger partial charge in [-0.15, -0.1) is 0 Å². The predicted molar refractivity (Wildman–Crippen MR) is 65.2 cm³/mol. The lowest BCUT2D eigenvalue weighted by Crippen LogP contribution is -2.15. The molecular formula is C11H9FN2O6. The molecule has 0 aliphatic carbocycles. The molecular weight excluding hydrogens is 275 g/mol. The van der Waals surface area contributed by atoms with Crippen molar-refractivity contribution in [2.24, 2.45) is 0 Å². The van der Waals surface area contributed by atoms with E-state index in [9.17, 15) is 24.1 Å². The molecule has 0 fully saturated rings. The van der Waals surface area contributed by atoms with E-state index in [1.807, 2.05) is 5.32 Å². The fraction of sp³-hybridized carbons (Fsp3) is 0.0909. The number of halogens is 1. The van der Waals surface area contributed by atoms with Crippen molar-refractivity contribution in [3.05, 3.63) is 46.3 Å². The van der Waals surface area contributed by atoms with Crippen LogP contribution in [0.2, 0.25) is 0 Å². The first-order valence-electron chi connectivity index (χ1n) is 5.12. The Morgan fingerprint density at radius 3 is 2.70 bits per heavy atom. The van der Waals surface area contributed by atoms with Crippen LogP contribution in [-0.4, -0.2) is 28.7 Å². The van der Waals surface area contributed by atoms with Gasteiger partial charge in [0.25, 0.3) is 5.69 Å². The Morgan fingerprint density at radius 2 is 2.20 bits per heavy atom. The molecule has 0 saturated heterocycles. The van der Waals surface area contributed by atoms with Gasteiger partial charge in [-0.1, -0.05) is 12.7 Å². The fourth-order valence-corrected chi connectivity index (χ4v) is 1.26. The number of nitrogens with zero attached hydrogens (tertiary/aromatic N) is 1. The van der Waals surface area contributed by atoms with Gasteiger partial charge in [0.15, 0.2) is 0 Å². The SMILES string of the molecule is C=CCOC(=O)Nc1cc(F)c(C(=O)O)cc1[N+](=O)[O-]. The van der Waals surface area contributed by atoms with Crippen LogP contribution in [0, 0.1) is 15.9 Å². The highest BCUT2D eigenvalue weighted by Crippen LogP contribution is 2.28. The lowest BCUT2D eigenvalue weighted by Gasteiger charge is -2.07. The smallest absolute Gasteiger partial charge is 0.412 e. The lowest BCUT2D eigenvalue weighted by atomic mass is 10.1. The number of nitrogens with one attached hydrogen (secondary N) is 1. The average molecular weight is 284 g/mol. The first-order valence-corrected chi connectivity index (χ1v) is 5.12. The van der Waals surface area contributed by atoms with Gasteiger partial charge in [-0.2, -0.15) is 0 Å². The van der Waals surface area contributed by atoms with Crippen molar-refractivity contribution >= 4 is 23.4 Å². The van der Waals surface area contributed by atoms with E-state index >= 15 is 0 Å². The van der Waals surface area contributed by atoms with Crippen molar-refractivity contribution in [1.82, 2.24) is 0 Å². The van der Waals surface area contributed by atoms with Crippen LogP contribution in [-0.2, 0) is 4.74 Å². The number of amides is 1. The molecule has 0 aliphatic rings. The summed E-state index contributed by atoms with van der Waals surface area (Å²) in [6, 6.07) is 1.05. The Morgan fingerprint density at radius 1 is 1.55 bits per heavy atom. The van der Waals surface area contributed by atoms with E-state index in [2.05, 4.69) is 11.3 Å². The maximum Gasteiger partial charge on any atom is 0.412 e. The first-order chi connectivity index (χ1) is 9.36. The maximum atomic E-state index is 13.4. The van der Waals surface area contributed by atoms with Crippen molar-refractivity contribution < 1.29 is 28.7 Å². The Bertz CT molecular complexity index is 587. The summed E-state index contributed by atoms with van der Waals surface area (Å²) in [5.41, 5.74) is -2.15. The van der Waals surface area contributed by atoms with Gasteiger partial charge in [-0.3, -0.25) is 15.4 Å². The van der Waals surface area contributed by atoms with E-state index in [0.29, 0.717) is 12.1 Å². The fourth-order valence-electron chi connectivity index (χ4n) is 1.26. The second-order valence-electron chi connectivity index (χ2n) is 3.42. The Kier molecular flexibility index (Phi) is 4.73. The van der Waals surface area contributed by atoms with Gasteiger partial charge in [-0.05, 0) is 0 Å². The summed E-state index contributed by atoms with van der Waals surface area (Å²) in [5, 5.41) is 21.4. The number of carbonyl (C=O) groups excluding carboxylic acids is 1. The summed E-state index contributed by atoms with van der Waals surface area (Å²) in [4.78, 5) is 31.8. The molecule has 0 heterocycles. The zero-order valence-corrected chi connectivity index (χ0v) is 9.96. The molecule has 0 bridgehead atoms. The average Bonchev–Trinajstić information content (AvgIpc) is 2.35. The minimum Gasteiger partial charge on any atom is -0.478 e. The second kappa shape index (κ2) is 6.27. The van der Waals surface area contributed by atoms with Gasteiger partial charge in [0.1, 0.15) is 23.7 Å². The third-order valence-electron chi connectivity index (χ3n) is 2.08. The first kappa shape index (κ1) is 15.1. The molecule has 0 saturated carbocycles. The summed E-state index contributed by atoms with van der Waals surface area (Å²) in [6.07, 6.45) is 0.206. The summed E-state index contributed by atoms with van der Waals surface area (Å²) < 4.78 is 18.0. The van der Waals surface area contributed by atoms with Crippen LogP contribution in [0.3, 0.4) is 0 Å². The van der Waals surface area contributed by atoms with Gasteiger partial charge in [0, 0.05) is 12.1 Å². The van der Waals surface area contributed by atoms with Crippen molar-refractivity contribution in [3.63, 3.8) is 0 Å². The number of carboxylic acid groups (broad SMARTS) is 1. The van der Waals surface area contributed by atoms with Crippen LogP contribution in [0.4, 0.5) is 20.6 Å². The molecule has 1 aromatic carbocycles.